The van der Waals surface area contributed by atoms with Gasteiger partial charge in [-0.2, -0.15) is 0 Å². The molecule has 1 amide bonds. The summed E-state index contributed by atoms with van der Waals surface area (Å²) < 4.78 is 23.3. The van der Waals surface area contributed by atoms with Gasteiger partial charge in [-0.15, -0.1) is 11.3 Å². The van der Waals surface area contributed by atoms with Crippen molar-refractivity contribution in [2.45, 2.75) is 25.2 Å². The standard InChI is InChI=1S/C15H24N2O3S2/c1-11-8-12(2)10-17(9-11)6-5-16-15(18)14-13(4-7-21-14)22(3,19)20/h4,7,11-12H,5-6,8-10H2,1-3H3,(H,16,18). The number of hydrogen-bond acceptors (Lipinski definition) is 5. The molecule has 1 aromatic heterocycles. The lowest BCUT2D eigenvalue weighted by Crippen LogP contribution is -2.42. The van der Waals surface area contributed by atoms with Crippen molar-refractivity contribution in [2.75, 3.05) is 32.4 Å². The molecular weight excluding hydrogens is 320 g/mol. The first-order valence-electron chi connectivity index (χ1n) is 7.55. The second-order valence-corrected chi connectivity index (χ2v) is 9.25. The summed E-state index contributed by atoms with van der Waals surface area (Å²) in [6, 6.07) is 1.49. The van der Waals surface area contributed by atoms with Crippen LogP contribution in [-0.4, -0.2) is 51.7 Å². The summed E-state index contributed by atoms with van der Waals surface area (Å²) >= 11 is 1.17. The predicted molar refractivity (Wildman–Crippen MR) is 89.1 cm³/mol. The average Bonchev–Trinajstić information content (AvgIpc) is 2.86. The van der Waals surface area contributed by atoms with E-state index >= 15 is 0 Å². The molecule has 1 saturated heterocycles. The number of piperidine rings is 1. The normalized spacial score (nSPS) is 23.4. The molecule has 2 unspecified atom stereocenters. The van der Waals surface area contributed by atoms with Crippen molar-refractivity contribution >= 4 is 27.1 Å². The van der Waals surface area contributed by atoms with E-state index in [0.717, 1.165) is 25.9 Å². The maximum atomic E-state index is 12.2. The Balaban J connectivity index is 1.87. The SMILES string of the molecule is CC1CC(C)CN(CCNC(=O)c2sccc2S(C)(=O)=O)C1. The van der Waals surface area contributed by atoms with E-state index < -0.39 is 9.84 Å². The number of likely N-dealkylation sites (tertiary alicyclic amines) is 1. The molecule has 124 valence electrons. The number of rotatable bonds is 5. The van der Waals surface area contributed by atoms with Crippen LogP contribution < -0.4 is 5.32 Å². The van der Waals surface area contributed by atoms with Crippen molar-refractivity contribution in [1.29, 1.82) is 0 Å². The summed E-state index contributed by atoms with van der Waals surface area (Å²) in [6.07, 6.45) is 2.39. The fourth-order valence-corrected chi connectivity index (χ4v) is 5.27. The molecule has 7 heteroatoms. The highest BCUT2D eigenvalue weighted by Crippen LogP contribution is 2.22. The van der Waals surface area contributed by atoms with Crippen LogP contribution in [0, 0.1) is 11.8 Å². The van der Waals surface area contributed by atoms with Gasteiger partial charge in [0.15, 0.2) is 9.84 Å². The number of hydrogen-bond donors (Lipinski definition) is 1. The molecule has 0 spiro atoms. The minimum atomic E-state index is -3.36. The Morgan fingerprint density at radius 2 is 2.00 bits per heavy atom. The topological polar surface area (TPSA) is 66.5 Å². The van der Waals surface area contributed by atoms with Gasteiger partial charge in [0, 0.05) is 32.4 Å². The van der Waals surface area contributed by atoms with E-state index in [1.807, 2.05) is 0 Å². The predicted octanol–water partition coefficient (Wildman–Crippen LogP) is 1.86. The van der Waals surface area contributed by atoms with E-state index in [9.17, 15) is 13.2 Å². The summed E-state index contributed by atoms with van der Waals surface area (Å²) in [5, 5.41) is 4.48. The lowest BCUT2D eigenvalue weighted by Gasteiger charge is -2.34. The number of carbonyl (C=O) groups excluding carboxylic acids is 1. The first-order chi connectivity index (χ1) is 10.3. The third-order valence-electron chi connectivity index (χ3n) is 3.89. The summed E-state index contributed by atoms with van der Waals surface area (Å²) in [6.45, 7) is 7.98. The van der Waals surface area contributed by atoms with Crippen LogP contribution in [0.15, 0.2) is 16.3 Å². The highest BCUT2D eigenvalue weighted by Gasteiger charge is 2.22. The fraction of sp³-hybridized carbons (Fsp3) is 0.667. The molecule has 1 fully saturated rings. The van der Waals surface area contributed by atoms with Crippen LogP contribution in [-0.2, 0) is 9.84 Å². The lowest BCUT2D eigenvalue weighted by molar-refractivity contribution is 0.0937. The number of sulfone groups is 1. The number of carbonyl (C=O) groups is 1. The zero-order valence-corrected chi connectivity index (χ0v) is 15.0. The zero-order chi connectivity index (χ0) is 16.3. The highest BCUT2D eigenvalue weighted by molar-refractivity contribution is 7.91. The summed E-state index contributed by atoms with van der Waals surface area (Å²) in [4.78, 5) is 14.9. The third-order valence-corrected chi connectivity index (χ3v) is 6.07. The monoisotopic (exact) mass is 344 g/mol. The van der Waals surface area contributed by atoms with Crippen LogP contribution in [0.4, 0.5) is 0 Å². The van der Waals surface area contributed by atoms with Crippen molar-refractivity contribution in [3.63, 3.8) is 0 Å². The van der Waals surface area contributed by atoms with E-state index in [1.165, 1.54) is 23.8 Å². The maximum absolute atomic E-state index is 12.2. The van der Waals surface area contributed by atoms with E-state index in [-0.39, 0.29) is 15.7 Å². The van der Waals surface area contributed by atoms with Gasteiger partial charge in [-0.05, 0) is 29.7 Å². The molecule has 0 bridgehead atoms. The van der Waals surface area contributed by atoms with Gasteiger partial charge in [0.1, 0.15) is 4.88 Å². The first kappa shape index (κ1) is 17.4. The minimum absolute atomic E-state index is 0.121. The van der Waals surface area contributed by atoms with Crippen LogP contribution in [0.1, 0.15) is 29.9 Å². The first-order valence-corrected chi connectivity index (χ1v) is 10.3. The molecule has 0 aliphatic carbocycles. The summed E-state index contributed by atoms with van der Waals surface area (Å²) in [5.41, 5.74) is 0. The second kappa shape index (κ2) is 7.10. The van der Waals surface area contributed by atoms with E-state index in [0.29, 0.717) is 18.4 Å². The van der Waals surface area contributed by atoms with Gasteiger partial charge in [-0.25, -0.2) is 8.42 Å². The van der Waals surface area contributed by atoms with E-state index in [4.69, 9.17) is 0 Å². The summed E-state index contributed by atoms with van der Waals surface area (Å²) in [7, 11) is -3.36. The van der Waals surface area contributed by atoms with E-state index in [1.54, 1.807) is 5.38 Å². The Morgan fingerprint density at radius 1 is 1.36 bits per heavy atom. The Hall–Kier alpha value is -0.920. The van der Waals surface area contributed by atoms with Gasteiger partial charge >= 0.3 is 0 Å². The Morgan fingerprint density at radius 3 is 2.59 bits per heavy atom. The van der Waals surface area contributed by atoms with Gasteiger partial charge in [-0.3, -0.25) is 4.79 Å². The molecule has 1 aliphatic rings. The van der Waals surface area contributed by atoms with Crippen molar-refractivity contribution in [3.8, 4) is 0 Å². The largest absolute Gasteiger partial charge is 0.350 e. The maximum Gasteiger partial charge on any atom is 0.262 e. The molecule has 0 saturated carbocycles. The number of thiophene rings is 1. The Bertz CT molecular complexity index is 614. The number of amides is 1. The molecular formula is C15H24N2O3S2. The van der Waals surface area contributed by atoms with Crippen molar-refractivity contribution in [2.24, 2.45) is 11.8 Å². The number of nitrogens with zero attached hydrogens (tertiary/aromatic N) is 1. The van der Waals surface area contributed by atoms with Crippen molar-refractivity contribution < 1.29 is 13.2 Å². The average molecular weight is 345 g/mol. The number of nitrogens with one attached hydrogen (secondary N) is 1. The Kier molecular flexibility index (Phi) is 5.63. The molecule has 22 heavy (non-hydrogen) atoms. The summed E-state index contributed by atoms with van der Waals surface area (Å²) in [5.74, 6) is 1.08. The van der Waals surface area contributed by atoms with Crippen LogP contribution >= 0.6 is 11.3 Å². The van der Waals surface area contributed by atoms with E-state index in [2.05, 4.69) is 24.1 Å². The van der Waals surface area contributed by atoms with Gasteiger partial charge in [-0.1, -0.05) is 13.8 Å². The Labute approximate surface area is 136 Å². The van der Waals surface area contributed by atoms with Gasteiger partial charge in [0.05, 0.1) is 4.90 Å². The fourth-order valence-electron chi connectivity index (χ4n) is 3.14. The lowest BCUT2D eigenvalue weighted by atomic mass is 9.92. The third kappa shape index (κ3) is 4.54. The van der Waals surface area contributed by atoms with Gasteiger partial charge in [0.2, 0.25) is 0 Å². The highest BCUT2D eigenvalue weighted by atomic mass is 32.2. The molecule has 1 aliphatic heterocycles. The molecule has 0 aromatic carbocycles. The molecule has 1 aromatic rings. The molecule has 5 nitrogen and oxygen atoms in total. The van der Waals surface area contributed by atoms with Gasteiger partial charge in [0.25, 0.3) is 5.91 Å². The molecule has 2 rings (SSSR count). The van der Waals surface area contributed by atoms with Crippen LogP contribution in [0.5, 0.6) is 0 Å². The van der Waals surface area contributed by atoms with Gasteiger partial charge < -0.3 is 10.2 Å². The smallest absolute Gasteiger partial charge is 0.262 e. The molecule has 2 heterocycles. The second-order valence-electron chi connectivity index (χ2n) is 6.35. The molecule has 0 radical (unpaired) electrons. The molecule has 1 N–H and O–H groups in total. The van der Waals surface area contributed by atoms with Crippen molar-refractivity contribution in [1.82, 2.24) is 10.2 Å². The van der Waals surface area contributed by atoms with Crippen LogP contribution in [0.25, 0.3) is 0 Å². The quantitative estimate of drug-likeness (QED) is 0.885. The van der Waals surface area contributed by atoms with Crippen molar-refractivity contribution in [3.05, 3.63) is 16.3 Å². The van der Waals surface area contributed by atoms with Crippen LogP contribution in [0.3, 0.4) is 0 Å². The van der Waals surface area contributed by atoms with Crippen LogP contribution in [0.2, 0.25) is 0 Å². The zero-order valence-electron chi connectivity index (χ0n) is 13.3. The molecule has 2 atom stereocenters. The minimum Gasteiger partial charge on any atom is -0.350 e.